The Morgan fingerprint density at radius 2 is 1.81 bits per heavy atom. The van der Waals surface area contributed by atoms with Crippen LogP contribution < -0.4 is 0 Å². The molecule has 0 aliphatic carbocycles. The van der Waals surface area contributed by atoms with Crippen LogP contribution in [-0.2, 0) is 16.0 Å². The van der Waals surface area contributed by atoms with E-state index < -0.39 is 35.1 Å². The number of rotatable bonds is 3. The van der Waals surface area contributed by atoms with Crippen molar-refractivity contribution in [1.29, 1.82) is 0 Å². The molecule has 0 aliphatic rings. The van der Waals surface area contributed by atoms with Crippen molar-refractivity contribution in [2.45, 2.75) is 52.4 Å². The van der Waals surface area contributed by atoms with E-state index in [-0.39, 0.29) is 0 Å². The summed E-state index contributed by atoms with van der Waals surface area (Å²) in [5.41, 5.74) is -0.757. The van der Waals surface area contributed by atoms with Gasteiger partial charge in [0.15, 0.2) is 0 Å². The summed E-state index contributed by atoms with van der Waals surface area (Å²) < 4.78 is 25.5. The van der Waals surface area contributed by atoms with Gasteiger partial charge in [-0.15, -0.1) is 0 Å². The predicted octanol–water partition coefficient (Wildman–Crippen LogP) is 1.13. The number of aliphatic hydroxyl groups is 1. The molecule has 0 bridgehead atoms. The predicted molar refractivity (Wildman–Crippen MR) is 60.0 cm³/mol. The highest BCUT2D eigenvalue weighted by molar-refractivity contribution is 7.77. The normalized spacial score (nSPS) is 17.4. The fraction of sp³-hybridized carbons (Fsp3) is 0.889. The maximum Gasteiger partial charge on any atom is 0.424 e. The molecule has 0 aromatic rings. The molecular formula is C9H19NO5S. The number of hydrogen-bond donors (Lipinski definition) is 2. The number of ether oxygens (including phenoxy) is 1. The number of carbonyl (C=O) groups excluding carboxylic acids is 1. The lowest BCUT2D eigenvalue weighted by atomic mass is 10.2. The lowest BCUT2D eigenvalue weighted by Gasteiger charge is -2.29. The largest absolute Gasteiger partial charge is 0.443 e. The second kappa shape index (κ2) is 5.60. The van der Waals surface area contributed by atoms with Crippen molar-refractivity contribution in [3.05, 3.63) is 0 Å². The Morgan fingerprint density at radius 3 is 2.06 bits per heavy atom. The molecule has 0 spiro atoms. The number of nitrogens with zero attached hydrogens (tertiary/aromatic N) is 1. The van der Waals surface area contributed by atoms with E-state index in [4.69, 9.17) is 9.29 Å². The van der Waals surface area contributed by atoms with Crippen LogP contribution in [0.4, 0.5) is 4.79 Å². The first-order valence-electron chi connectivity index (χ1n) is 4.87. The van der Waals surface area contributed by atoms with Gasteiger partial charge in [-0.3, -0.25) is 4.55 Å². The Kier molecular flexibility index (Phi) is 5.37. The van der Waals surface area contributed by atoms with Gasteiger partial charge in [-0.25, -0.2) is 9.00 Å². The monoisotopic (exact) mass is 253 g/mol. The topological polar surface area (TPSA) is 87.1 Å². The van der Waals surface area contributed by atoms with Gasteiger partial charge in [0, 0.05) is 0 Å². The third-order valence-corrected chi connectivity index (χ3v) is 2.63. The molecule has 0 saturated carbocycles. The van der Waals surface area contributed by atoms with Crippen molar-refractivity contribution in [3.63, 3.8) is 0 Å². The van der Waals surface area contributed by atoms with Gasteiger partial charge in [0.1, 0.15) is 5.60 Å². The molecular weight excluding hydrogens is 234 g/mol. The van der Waals surface area contributed by atoms with Crippen LogP contribution in [0.15, 0.2) is 0 Å². The first kappa shape index (κ1) is 15.3. The molecule has 16 heavy (non-hydrogen) atoms. The molecule has 0 aromatic carbocycles. The zero-order valence-electron chi connectivity index (χ0n) is 10.1. The molecule has 0 heterocycles. The van der Waals surface area contributed by atoms with Gasteiger partial charge in [0.2, 0.25) is 0 Å². The van der Waals surface area contributed by atoms with Crippen LogP contribution in [0.1, 0.15) is 34.6 Å². The van der Waals surface area contributed by atoms with Crippen LogP contribution in [0.2, 0.25) is 0 Å². The zero-order valence-corrected chi connectivity index (χ0v) is 10.9. The van der Waals surface area contributed by atoms with E-state index in [9.17, 15) is 14.1 Å². The quantitative estimate of drug-likeness (QED) is 0.736. The van der Waals surface area contributed by atoms with E-state index in [2.05, 4.69) is 0 Å². The minimum Gasteiger partial charge on any atom is -0.443 e. The molecule has 6 nitrogen and oxygen atoms in total. The Labute approximate surface area is 98.0 Å². The van der Waals surface area contributed by atoms with E-state index in [1.54, 1.807) is 20.8 Å². The van der Waals surface area contributed by atoms with E-state index in [0.29, 0.717) is 4.31 Å². The molecule has 0 rings (SSSR count). The highest BCUT2D eigenvalue weighted by Crippen LogP contribution is 2.14. The minimum atomic E-state index is -2.52. The van der Waals surface area contributed by atoms with Crippen LogP contribution in [0.3, 0.4) is 0 Å². The standard InChI is InChI=1S/C9H19NO5S/c1-6(7(2)11)10(16(13)14)8(12)15-9(3,4)5/h6-7,11H,1-5H3,(H,13,14). The summed E-state index contributed by atoms with van der Waals surface area (Å²) in [5.74, 6) is 0. The highest BCUT2D eigenvalue weighted by Gasteiger charge is 2.32. The van der Waals surface area contributed by atoms with Crippen LogP contribution in [-0.4, -0.2) is 42.0 Å². The second-order valence-electron chi connectivity index (χ2n) is 4.52. The smallest absolute Gasteiger partial charge is 0.424 e. The van der Waals surface area contributed by atoms with Crippen molar-refractivity contribution in [2.24, 2.45) is 0 Å². The number of aliphatic hydroxyl groups excluding tert-OH is 1. The average molecular weight is 253 g/mol. The summed E-state index contributed by atoms with van der Waals surface area (Å²) in [5, 5.41) is 9.29. The van der Waals surface area contributed by atoms with Gasteiger partial charge < -0.3 is 9.84 Å². The van der Waals surface area contributed by atoms with Crippen molar-refractivity contribution in [3.8, 4) is 0 Å². The number of amides is 1. The highest BCUT2D eigenvalue weighted by atomic mass is 32.2. The van der Waals surface area contributed by atoms with Crippen molar-refractivity contribution >= 4 is 17.4 Å². The summed E-state index contributed by atoms with van der Waals surface area (Å²) in [4.78, 5) is 11.6. The summed E-state index contributed by atoms with van der Waals surface area (Å²) in [6.07, 6.45) is -1.86. The Hall–Kier alpha value is -0.660. The maximum absolute atomic E-state index is 11.6. The van der Waals surface area contributed by atoms with E-state index >= 15 is 0 Å². The van der Waals surface area contributed by atoms with Gasteiger partial charge in [-0.2, -0.15) is 4.31 Å². The average Bonchev–Trinajstić information content (AvgIpc) is 1.99. The third kappa shape index (κ3) is 4.91. The van der Waals surface area contributed by atoms with E-state index in [0.717, 1.165) is 0 Å². The lowest BCUT2D eigenvalue weighted by molar-refractivity contribution is 0.0229. The molecule has 2 N–H and O–H groups in total. The molecule has 0 saturated heterocycles. The first-order chi connectivity index (χ1) is 7.06. The SMILES string of the molecule is CC(O)C(C)N(C(=O)OC(C)(C)C)S(=O)O. The van der Waals surface area contributed by atoms with Crippen LogP contribution in [0.5, 0.6) is 0 Å². The third-order valence-electron chi connectivity index (χ3n) is 1.81. The fourth-order valence-corrected chi connectivity index (χ4v) is 1.50. The Bertz CT molecular complexity index is 274. The molecule has 0 aromatic heterocycles. The van der Waals surface area contributed by atoms with Crippen molar-refractivity contribution < 1.29 is 23.4 Å². The van der Waals surface area contributed by atoms with Crippen molar-refractivity contribution in [2.75, 3.05) is 0 Å². The molecule has 96 valence electrons. The molecule has 0 radical (unpaired) electrons. The summed E-state index contributed by atoms with van der Waals surface area (Å²) in [6, 6.07) is -0.805. The minimum absolute atomic E-state index is 0.593. The van der Waals surface area contributed by atoms with Crippen LogP contribution >= 0.6 is 0 Å². The van der Waals surface area contributed by atoms with Gasteiger partial charge >= 0.3 is 6.09 Å². The van der Waals surface area contributed by atoms with Gasteiger partial charge in [0.05, 0.1) is 12.1 Å². The molecule has 1 amide bonds. The number of carbonyl (C=O) groups is 1. The lowest BCUT2D eigenvalue weighted by Crippen LogP contribution is -2.47. The molecule has 7 heteroatoms. The Balaban J connectivity index is 4.81. The molecule has 3 atom stereocenters. The summed E-state index contributed by atoms with van der Waals surface area (Å²) in [7, 11) is 0. The van der Waals surface area contributed by atoms with E-state index in [1.807, 2.05) is 0 Å². The summed E-state index contributed by atoms with van der Waals surface area (Å²) >= 11 is -2.52. The first-order valence-corrected chi connectivity index (χ1v) is 5.94. The number of hydrogen-bond acceptors (Lipinski definition) is 4. The zero-order chi connectivity index (χ0) is 13.1. The van der Waals surface area contributed by atoms with Crippen LogP contribution in [0, 0.1) is 0 Å². The van der Waals surface area contributed by atoms with Crippen LogP contribution in [0.25, 0.3) is 0 Å². The fourth-order valence-electron chi connectivity index (χ4n) is 0.875. The molecule has 3 unspecified atom stereocenters. The van der Waals surface area contributed by atoms with Crippen molar-refractivity contribution in [1.82, 2.24) is 4.31 Å². The summed E-state index contributed by atoms with van der Waals surface area (Å²) in [6.45, 7) is 7.83. The van der Waals surface area contributed by atoms with Gasteiger partial charge in [-0.05, 0) is 34.6 Å². The molecule has 0 fully saturated rings. The van der Waals surface area contributed by atoms with E-state index in [1.165, 1.54) is 13.8 Å². The Morgan fingerprint density at radius 1 is 1.38 bits per heavy atom. The maximum atomic E-state index is 11.6. The second-order valence-corrected chi connectivity index (χ2v) is 5.37. The van der Waals surface area contributed by atoms with Gasteiger partial charge in [-0.1, -0.05) is 0 Å². The van der Waals surface area contributed by atoms with Gasteiger partial charge in [0.25, 0.3) is 11.3 Å². The molecule has 0 aliphatic heterocycles.